The van der Waals surface area contributed by atoms with Crippen LogP contribution < -0.4 is 18.9 Å². The quantitative estimate of drug-likeness (QED) is 0.547. The molecule has 174 valence electrons. The molecule has 0 aliphatic carbocycles. The minimum Gasteiger partial charge on any atom is -0.493 e. The number of rotatable bonds is 7. The fourth-order valence-corrected chi connectivity index (χ4v) is 3.81. The number of fused-ring (bicyclic) bond motifs is 1. The fourth-order valence-electron chi connectivity index (χ4n) is 3.81. The Hall–Kier alpha value is -3.68. The van der Waals surface area contributed by atoms with Crippen molar-refractivity contribution in [1.29, 1.82) is 0 Å². The van der Waals surface area contributed by atoms with Gasteiger partial charge in [-0.15, -0.1) is 0 Å². The zero-order valence-electron chi connectivity index (χ0n) is 19.5. The van der Waals surface area contributed by atoms with Crippen LogP contribution in [0.5, 0.6) is 23.0 Å². The number of hydrogen-bond donors (Lipinski definition) is 0. The number of benzene rings is 2. The van der Waals surface area contributed by atoms with Gasteiger partial charge in [0.2, 0.25) is 0 Å². The van der Waals surface area contributed by atoms with Gasteiger partial charge in [0.15, 0.2) is 23.0 Å². The van der Waals surface area contributed by atoms with E-state index in [4.69, 9.17) is 18.9 Å². The number of amides is 1. The van der Waals surface area contributed by atoms with Crippen LogP contribution in [0.1, 0.15) is 22.3 Å². The van der Waals surface area contributed by atoms with E-state index in [0.29, 0.717) is 60.4 Å². The summed E-state index contributed by atoms with van der Waals surface area (Å²) in [6.07, 6.45) is 3.28. The highest BCUT2D eigenvalue weighted by Crippen LogP contribution is 2.35. The average molecular weight is 452 g/mol. The molecule has 2 aromatic carbocycles. The number of methoxy groups -OCH3 is 2. The molecule has 2 heterocycles. The first kappa shape index (κ1) is 22.5. The molecule has 8 heteroatoms. The molecular formula is C25H29N3O5. The molecule has 0 N–H and O–H groups in total. The summed E-state index contributed by atoms with van der Waals surface area (Å²) in [6, 6.07) is 11.5. The van der Waals surface area contributed by atoms with E-state index in [-0.39, 0.29) is 5.91 Å². The lowest BCUT2D eigenvalue weighted by atomic mass is 10.1. The molecule has 0 atom stereocenters. The zero-order chi connectivity index (χ0) is 23.4. The Bertz CT molecular complexity index is 1140. The van der Waals surface area contributed by atoms with E-state index in [2.05, 4.69) is 5.10 Å². The number of nitrogens with zero attached hydrogens (tertiary/aromatic N) is 3. The summed E-state index contributed by atoms with van der Waals surface area (Å²) in [4.78, 5) is 15.0. The number of carbonyl (C=O) groups is 1. The second-order valence-electron chi connectivity index (χ2n) is 7.94. The summed E-state index contributed by atoms with van der Waals surface area (Å²) in [6.45, 7) is 1.78. The average Bonchev–Trinajstić information content (AvgIpc) is 3.07. The van der Waals surface area contributed by atoms with Crippen molar-refractivity contribution >= 4 is 5.91 Å². The van der Waals surface area contributed by atoms with Crippen LogP contribution in [0.15, 0.2) is 42.6 Å². The Kier molecular flexibility index (Phi) is 6.72. The minimum absolute atomic E-state index is 0.0920. The van der Waals surface area contributed by atoms with E-state index in [0.717, 1.165) is 17.5 Å². The van der Waals surface area contributed by atoms with Gasteiger partial charge >= 0.3 is 0 Å². The lowest BCUT2D eigenvalue weighted by Gasteiger charge is -2.18. The van der Waals surface area contributed by atoms with Crippen molar-refractivity contribution in [2.45, 2.75) is 12.8 Å². The van der Waals surface area contributed by atoms with Crippen molar-refractivity contribution in [3.05, 3.63) is 53.7 Å². The smallest absolute Gasteiger partial charge is 0.257 e. The molecule has 1 aromatic heterocycles. The maximum absolute atomic E-state index is 13.3. The van der Waals surface area contributed by atoms with Crippen LogP contribution in [0.4, 0.5) is 0 Å². The van der Waals surface area contributed by atoms with Crippen molar-refractivity contribution in [1.82, 2.24) is 14.7 Å². The third-order valence-corrected chi connectivity index (χ3v) is 5.61. The highest BCUT2D eigenvalue weighted by Gasteiger charge is 2.22. The predicted molar refractivity (Wildman–Crippen MR) is 124 cm³/mol. The summed E-state index contributed by atoms with van der Waals surface area (Å²) in [5.74, 6) is 2.65. The van der Waals surface area contributed by atoms with Gasteiger partial charge in [0, 0.05) is 38.8 Å². The highest BCUT2D eigenvalue weighted by molar-refractivity contribution is 5.99. The minimum atomic E-state index is -0.0920. The Morgan fingerprint density at radius 2 is 1.82 bits per heavy atom. The van der Waals surface area contributed by atoms with Crippen molar-refractivity contribution in [3.8, 4) is 34.3 Å². The van der Waals surface area contributed by atoms with Gasteiger partial charge in [-0.05, 0) is 42.3 Å². The third kappa shape index (κ3) is 4.89. The van der Waals surface area contributed by atoms with Gasteiger partial charge in [0.25, 0.3) is 5.91 Å². The van der Waals surface area contributed by atoms with Crippen LogP contribution >= 0.6 is 0 Å². The van der Waals surface area contributed by atoms with E-state index in [9.17, 15) is 4.79 Å². The molecule has 0 saturated carbocycles. The van der Waals surface area contributed by atoms with Gasteiger partial charge in [-0.3, -0.25) is 9.48 Å². The lowest BCUT2D eigenvalue weighted by molar-refractivity contribution is 0.0797. The van der Waals surface area contributed by atoms with Gasteiger partial charge < -0.3 is 23.8 Å². The Morgan fingerprint density at radius 1 is 1.06 bits per heavy atom. The predicted octanol–water partition coefficient (Wildman–Crippen LogP) is 3.58. The van der Waals surface area contributed by atoms with E-state index < -0.39 is 0 Å². The van der Waals surface area contributed by atoms with Crippen molar-refractivity contribution in [2.75, 3.05) is 41.0 Å². The molecule has 0 unspecified atom stereocenters. The number of carbonyl (C=O) groups excluding carboxylic acids is 1. The van der Waals surface area contributed by atoms with E-state index in [1.165, 1.54) is 0 Å². The van der Waals surface area contributed by atoms with Gasteiger partial charge in [0.1, 0.15) is 5.69 Å². The monoisotopic (exact) mass is 451 g/mol. The number of hydrogen-bond acceptors (Lipinski definition) is 6. The SMILES string of the molecule is COc1ccc(CCN(C)C(=O)c2cn(C)nc2-c2ccc3c(c2)OCCCO3)cc1OC. The largest absolute Gasteiger partial charge is 0.493 e. The first-order chi connectivity index (χ1) is 16.0. The Balaban J connectivity index is 1.52. The van der Waals surface area contributed by atoms with Gasteiger partial charge in [-0.25, -0.2) is 0 Å². The summed E-state index contributed by atoms with van der Waals surface area (Å²) < 4.78 is 23.9. The molecule has 8 nitrogen and oxygen atoms in total. The number of ether oxygens (including phenoxy) is 4. The molecule has 0 fully saturated rings. The molecule has 4 rings (SSSR count). The summed E-state index contributed by atoms with van der Waals surface area (Å²) in [5, 5.41) is 4.56. The maximum Gasteiger partial charge on any atom is 0.257 e. The van der Waals surface area contributed by atoms with Crippen LogP contribution in [-0.4, -0.2) is 61.6 Å². The van der Waals surface area contributed by atoms with Gasteiger partial charge in [-0.2, -0.15) is 5.10 Å². The number of aryl methyl sites for hydroxylation is 1. The van der Waals surface area contributed by atoms with Gasteiger partial charge in [-0.1, -0.05) is 6.07 Å². The molecule has 0 bridgehead atoms. The molecule has 1 aliphatic heterocycles. The van der Waals surface area contributed by atoms with E-state index in [1.54, 1.807) is 37.0 Å². The van der Waals surface area contributed by atoms with E-state index >= 15 is 0 Å². The van der Waals surface area contributed by atoms with E-state index in [1.807, 2.05) is 43.4 Å². The molecule has 0 radical (unpaired) electrons. The second-order valence-corrected chi connectivity index (χ2v) is 7.94. The Labute approximate surface area is 193 Å². The van der Waals surface area contributed by atoms with Crippen LogP contribution in [-0.2, 0) is 13.5 Å². The summed E-state index contributed by atoms with van der Waals surface area (Å²) in [7, 11) is 6.83. The maximum atomic E-state index is 13.3. The van der Waals surface area contributed by atoms with Crippen LogP contribution in [0.25, 0.3) is 11.3 Å². The molecule has 3 aromatic rings. The van der Waals surface area contributed by atoms with Crippen LogP contribution in [0.3, 0.4) is 0 Å². The molecule has 0 spiro atoms. The first-order valence-corrected chi connectivity index (χ1v) is 10.9. The van der Waals surface area contributed by atoms with Gasteiger partial charge in [0.05, 0.1) is 33.0 Å². The normalized spacial score (nSPS) is 12.7. The van der Waals surface area contributed by atoms with Crippen molar-refractivity contribution in [3.63, 3.8) is 0 Å². The van der Waals surface area contributed by atoms with Crippen molar-refractivity contribution < 1.29 is 23.7 Å². The fraction of sp³-hybridized carbons (Fsp3) is 0.360. The first-order valence-electron chi connectivity index (χ1n) is 10.9. The standard InChI is InChI=1S/C25H29N3O5/c1-27(11-10-17-6-8-20(30-3)22(14-17)31-4)25(29)19-16-28(2)26-24(19)18-7-9-21-23(15-18)33-13-5-12-32-21/h6-9,14-16H,5,10-13H2,1-4H3. The van der Waals surface area contributed by atoms with Crippen molar-refractivity contribution in [2.24, 2.45) is 7.05 Å². The summed E-state index contributed by atoms with van der Waals surface area (Å²) in [5.41, 5.74) is 3.04. The molecular weight excluding hydrogens is 422 g/mol. The second kappa shape index (κ2) is 9.85. The number of likely N-dealkylation sites (N-methyl/N-ethyl adjacent to an activating group) is 1. The molecule has 0 saturated heterocycles. The molecule has 1 amide bonds. The topological polar surface area (TPSA) is 75.1 Å². The summed E-state index contributed by atoms with van der Waals surface area (Å²) >= 11 is 0. The molecule has 33 heavy (non-hydrogen) atoms. The molecule has 1 aliphatic rings. The number of aromatic nitrogens is 2. The Morgan fingerprint density at radius 3 is 2.58 bits per heavy atom. The van der Waals surface area contributed by atoms with Crippen LogP contribution in [0, 0.1) is 0 Å². The highest BCUT2D eigenvalue weighted by atomic mass is 16.5. The zero-order valence-corrected chi connectivity index (χ0v) is 19.5. The lowest BCUT2D eigenvalue weighted by Crippen LogP contribution is -2.29. The third-order valence-electron chi connectivity index (χ3n) is 5.61. The van der Waals surface area contributed by atoms with Crippen LogP contribution in [0.2, 0.25) is 0 Å².